The normalized spacial score (nSPS) is 10.9. The van der Waals surface area contributed by atoms with Gasteiger partial charge in [0.1, 0.15) is 0 Å². The topological polar surface area (TPSA) is 45.8 Å². The van der Waals surface area contributed by atoms with Crippen LogP contribution >= 0.6 is 11.3 Å². The van der Waals surface area contributed by atoms with Crippen molar-refractivity contribution in [3.8, 4) is 10.4 Å². The van der Waals surface area contributed by atoms with Gasteiger partial charge in [-0.2, -0.15) is 0 Å². The molecular weight excluding hydrogens is 316 g/mol. The number of H-pyrrole nitrogens is 1. The maximum Gasteiger partial charge on any atom is 0.251 e. The summed E-state index contributed by atoms with van der Waals surface area (Å²) in [5, 5.41) is 0. The molecule has 0 saturated carbocycles. The molecule has 3 aromatic heterocycles. The Bertz CT molecular complexity index is 865. The molecule has 0 aliphatic heterocycles. The van der Waals surface area contributed by atoms with Gasteiger partial charge in [-0.25, -0.2) is 0 Å². The van der Waals surface area contributed by atoms with Crippen molar-refractivity contribution >= 4 is 11.3 Å². The van der Waals surface area contributed by atoms with Gasteiger partial charge in [0, 0.05) is 39.0 Å². The van der Waals surface area contributed by atoms with Crippen LogP contribution in [-0.2, 0) is 19.3 Å². The maximum absolute atomic E-state index is 11.9. The third-order valence-corrected chi connectivity index (χ3v) is 5.44. The third-order valence-electron chi connectivity index (χ3n) is 4.26. The van der Waals surface area contributed by atoms with Crippen molar-refractivity contribution in [2.24, 2.45) is 0 Å². The van der Waals surface area contributed by atoms with Crippen molar-refractivity contribution in [2.45, 2.75) is 39.5 Å². The number of hydrogen-bond donors (Lipinski definition) is 1. The zero-order chi connectivity index (χ0) is 16.9. The molecule has 124 valence electrons. The zero-order valence-corrected chi connectivity index (χ0v) is 15.0. The lowest BCUT2D eigenvalue weighted by atomic mass is 10.1. The lowest BCUT2D eigenvalue weighted by Crippen LogP contribution is -2.13. The Morgan fingerprint density at radius 2 is 1.92 bits per heavy atom. The Morgan fingerprint density at radius 1 is 1.12 bits per heavy atom. The van der Waals surface area contributed by atoms with E-state index in [-0.39, 0.29) is 5.56 Å². The summed E-state index contributed by atoms with van der Waals surface area (Å²) in [7, 11) is 0. The first-order chi connectivity index (χ1) is 11.7. The largest absolute Gasteiger partial charge is 0.326 e. The van der Waals surface area contributed by atoms with Crippen LogP contribution in [0.3, 0.4) is 0 Å². The second kappa shape index (κ2) is 7.58. The monoisotopic (exact) mass is 338 g/mol. The number of aromatic nitrogens is 2. The number of aromatic amines is 1. The number of nitrogens with one attached hydrogen (secondary N) is 1. The van der Waals surface area contributed by atoms with Gasteiger partial charge >= 0.3 is 0 Å². The molecule has 0 aromatic carbocycles. The van der Waals surface area contributed by atoms with E-state index < -0.39 is 0 Å². The van der Waals surface area contributed by atoms with Crippen molar-refractivity contribution in [3.63, 3.8) is 0 Å². The molecule has 0 bridgehead atoms. The average molecular weight is 338 g/mol. The molecule has 4 heteroatoms. The van der Waals surface area contributed by atoms with E-state index in [0.717, 1.165) is 42.5 Å². The smallest absolute Gasteiger partial charge is 0.251 e. The third kappa shape index (κ3) is 3.82. The molecule has 0 radical (unpaired) electrons. The van der Waals surface area contributed by atoms with Crippen LogP contribution in [0.4, 0.5) is 0 Å². The summed E-state index contributed by atoms with van der Waals surface area (Å²) in [4.78, 5) is 21.5. The molecule has 0 aliphatic carbocycles. The molecule has 0 aliphatic rings. The van der Waals surface area contributed by atoms with Crippen molar-refractivity contribution in [3.05, 3.63) is 74.8 Å². The quantitative estimate of drug-likeness (QED) is 0.717. The second-order valence-corrected chi connectivity index (χ2v) is 7.16. The van der Waals surface area contributed by atoms with Crippen LogP contribution in [0, 0.1) is 6.92 Å². The number of rotatable bonds is 6. The van der Waals surface area contributed by atoms with Gasteiger partial charge in [-0.05, 0) is 68.5 Å². The molecule has 0 unspecified atom stereocenters. The molecule has 0 saturated heterocycles. The number of pyridine rings is 2. The molecule has 0 spiro atoms. The molecular formula is C20H22N2OS. The standard InChI is InChI=1S/C20H22N2OS/c1-3-16-13-18(14(2)22-20(16)23)19-8-7-17(24-19)6-4-5-15-9-11-21-12-10-15/h7-13H,3-6H2,1-2H3,(H,22,23). The predicted octanol–water partition coefficient (Wildman–Crippen LogP) is 4.54. The van der Waals surface area contributed by atoms with Crippen molar-refractivity contribution in [2.75, 3.05) is 0 Å². The highest BCUT2D eigenvalue weighted by atomic mass is 32.1. The Kier molecular flexibility index (Phi) is 5.26. The summed E-state index contributed by atoms with van der Waals surface area (Å²) < 4.78 is 0. The van der Waals surface area contributed by atoms with Crippen LogP contribution in [0.5, 0.6) is 0 Å². The first-order valence-corrected chi connectivity index (χ1v) is 9.20. The highest BCUT2D eigenvalue weighted by molar-refractivity contribution is 7.15. The van der Waals surface area contributed by atoms with E-state index in [0.29, 0.717) is 0 Å². The molecule has 0 atom stereocenters. The first-order valence-electron chi connectivity index (χ1n) is 8.38. The summed E-state index contributed by atoms with van der Waals surface area (Å²) in [6.07, 6.45) is 7.75. The average Bonchev–Trinajstić information content (AvgIpc) is 3.04. The highest BCUT2D eigenvalue weighted by Gasteiger charge is 2.09. The van der Waals surface area contributed by atoms with E-state index in [2.05, 4.69) is 34.2 Å². The fraction of sp³-hybridized carbons (Fsp3) is 0.300. The van der Waals surface area contributed by atoms with Gasteiger partial charge in [0.05, 0.1) is 0 Å². The first kappa shape index (κ1) is 16.7. The Balaban J connectivity index is 1.70. The lowest BCUT2D eigenvalue weighted by Gasteiger charge is -2.05. The van der Waals surface area contributed by atoms with E-state index >= 15 is 0 Å². The second-order valence-electron chi connectivity index (χ2n) is 5.99. The van der Waals surface area contributed by atoms with Crippen LogP contribution in [0.15, 0.2) is 47.5 Å². The van der Waals surface area contributed by atoms with Crippen LogP contribution in [0.2, 0.25) is 0 Å². The van der Waals surface area contributed by atoms with Gasteiger partial charge < -0.3 is 4.98 Å². The Hall–Kier alpha value is -2.20. The van der Waals surface area contributed by atoms with Crippen molar-refractivity contribution in [1.82, 2.24) is 9.97 Å². The Labute approximate surface area is 146 Å². The summed E-state index contributed by atoms with van der Waals surface area (Å²) in [6, 6.07) is 10.6. The molecule has 3 aromatic rings. The van der Waals surface area contributed by atoms with Crippen LogP contribution < -0.4 is 5.56 Å². The van der Waals surface area contributed by atoms with Crippen LogP contribution in [-0.4, -0.2) is 9.97 Å². The lowest BCUT2D eigenvalue weighted by molar-refractivity contribution is 0.829. The van der Waals surface area contributed by atoms with Gasteiger partial charge in [0.25, 0.3) is 5.56 Å². The number of thiophene rings is 1. The summed E-state index contributed by atoms with van der Waals surface area (Å²) >= 11 is 1.83. The summed E-state index contributed by atoms with van der Waals surface area (Å²) in [5.41, 5.74) is 4.32. The summed E-state index contributed by atoms with van der Waals surface area (Å²) in [6.45, 7) is 3.99. The van der Waals surface area contributed by atoms with E-state index in [4.69, 9.17) is 0 Å². The zero-order valence-electron chi connectivity index (χ0n) is 14.1. The molecule has 1 N–H and O–H groups in total. The molecule has 3 nitrogen and oxygen atoms in total. The SMILES string of the molecule is CCc1cc(-c2ccc(CCCc3ccncc3)s2)c(C)[nH]c1=O. The van der Waals surface area contributed by atoms with Crippen molar-refractivity contribution < 1.29 is 0 Å². The van der Waals surface area contributed by atoms with Crippen LogP contribution in [0.1, 0.15) is 35.0 Å². The minimum atomic E-state index is 0.0351. The van der Waals surface area contributed by atoms with Gasteiger partial charge in [-0.1, -0.05) is 6.92 Å². The van der Waals surface area contributed by atoms with Gasteiger partial charge in [0.15, 0.2) is 0 Å². The molecule has 0 amide bonds. The fourth-order valence-corrected chi connectivity index (χ4v) is 3.98. The van der Waals surface area contributed by atoms with E-state index in [1.165, 1.54) is 15.3 Å². The molecule has 0 fully saturated rings. The minimum absolute atomic E-state index is 0.0351. The van der Waals surface area contributed by atoms with Crippen LogP contribution in [0.25, 0.3) is 10.4 Å². The highest BCUT2D eigenvalue weighted by Crippen LogP contribution is 2.30. The Morgan fingerprint density at radius 3 is 2.67 bits per heavy atom. The molecule has 3 heterocycles. The maximum atomic E-state index is 11.9. The van der Waals surface area contributed by atoms with Crippen molar-refractivity contribution in [1.29, 1.82) is 0 Å². The van der Waals surface area contributed by atoms with E-state index in [1.807, 2.05) is 43.6 Å². The molecule has 24 heavy (non-hydrogen) atoms. The van der Waals surface area contributed by atoms with E-state index in [9.17, 15) is 4.79 Å². The number of nitrogens with zero attached hydrogens (tertiary/aromatic N) is 1. The number of hydrogen-bond acceptors (Lipinski definition) is 3. The molecule has 3 rings (SSSR count). The minimum Gasteiger partial charge on any atom is -0.326 e. The van der Waals surface area contributed by atoms with E-state index in [1.54, 1.807) is 0 Å². The van der Waals surface area contributed by atoms with Gasteiger partial charge in [0.2, 0.25) is 0 Å². The predicted molar refractivity (Wildman–Crippen MR) is 101 cm³/mol. The van der Waals surface area contributed by atoms with Gasteiger partial charge in [-0.3, -0.25) is 9.78 Å². The van der Waals surface area contributed by atoms with Gasteiger partial charge in [-0.15, -0.1) is 11.3 Å². The number of aryl methyl sites for hydroxylation is 4. The fourth-order valence-electron chi connectivity index (χ4n) is 2.86. The summed E-state index contributed by atoms with van der Waals surface area (Å²) in [5.74, 6) is 0.